The molecule has 108 valence electrons. The van der Waals surface area contributed by atoms with E-state index in [4.69, 9.17) is 4.74 Å². The molecule has 0 radical (unpaired) electrons. The van der Waals surface area contributed by atoms with Crippen molar-refractivity contribution in [2.45, 2.75) is 37.8 Å². The minimum Gasteiger partial charge on any atom is -0.376 e. The molecule has 0 bridgehead atoms. The van der Waals surface area contributed by atoms with Gasteiger partial charge in [0.15, 0.2) is 0 Å². The number of nitrogens with one attached hydrogen (secondary N) is 2. The van der Waals surface area contributed by atoms with Gasteiger partial charge in [0.05, 0.1) is 12.1 Å². The Morgan fingerprint density at radius 3 is 2.70 bits per heavy atom. The molecular weight excluding hydrogens is 252 g/mol. The first-order valence-corrected chi connectivity index (χ1v) is 7.54. The van der Waals surface area contributed by atoms with Crippen molar-refractivity contribution < 1.29 is 9.53 Å². The molecular formula is C16H22N2O2. The highest BCUT2D eigenvalue weighted by Gasteiger charge is 2.33. The fraction of sp³-hybridized carbons (Fsp3) is 0.562. The standard InChI is InChI=1S/C16H22N2O2/c19-16(17-11-14-7-4-10-20-14)18-15(13-8-9-13)12-5-2-1-3-6-12/h1-3,5-6,13-15H,4,7-11H2,(H2,17,18,19). The van der Waals surface area contributed by atoms with Crippen molar-refractivity contribution in [1.82, 2.24) is 10.6 Å². The normalized spacial score (nSPS) is 23.3. The molecule has 20 heavy (non-hydrogen) atoms. The van der Waals surface area contributed by atoms with E-state index in [0.717, 1.165) is 19.4 Å². The van der Waals surface area contributed by atoms with Crippen LogP contribution in [0.1, 0.15) is 37.3 Å². The van der Waals surface area contributed by atoms with E-state index >= 15 is 0 Å². The van der Waals surface area contributed by atoms with E-state index in [9.17, 15) is 4.79 Å². The van der Waals surface area contributed by atoms with Gasteiger partial charge in [0.25, 0.3) is 0 Å². The predicted molar refractivity (Wildman–Crippen MR) is 77.4 cm³/mol. The van der Waals surface area contributed by atoms with Gasteiger partial charge in [-0.05, 0) is 37.2 Å². The number of benzene rings is 1. The van der Waals surface area contributed by atoms with Crippen molar-refractivity contribution in [2.75, 3.05) is 13.2 Å². The number of hydrogen-bond donors (Lipinski definition) is 2. The molecule has 1 saturated carbocycles. The summed E-state index contributed by atoms with van der Waals surface area (Å²) in [6, 6.07) is 10.3. The maximum atomic E-state index is 12.0. The Morgan fingerprint density at radius 1 is 1.25 bits per heavy atom. The number of hydrogen-bond acceptors (Lipinski definition) is 2. The first-order chi connectivity index (χ1) is 9.83. The number of urea groups is 1. The van der Waals surface area contributed by atoms with Crippen LogP contribution in [0.2, 0.25) is 0 Å². The molecule has 1 saturated heterocycles. The fourth-order valence-corrected chi connectivity index (χ4v) is 2.77. The Bertz CT molecular complexity index is 439. The summed E-state index contributed by atoms with van der Waals surface area (Å²) >= 11 is 0. The largest absolute Gasteiger partial charge is 0.376 e. The SMILES string of the molecule is O=C(NCC1CCCO1)NC(c1ccccc1)C1CC1. The van der Waals surface area contributed by atoms with E-state index in [1.165, 1.54) is 18.4 Å². The maximum Gasteiger partial charge on any atom is 0.315 e. The van der Waals surface area contributed by atoms with Gasteiger partial charge in [0.1, 0.15) is 0 Å². The summed E-state index contributed by atoms with van der Waals surface area (Å²) in [6.07, 6.45) is 4.74. The van der Waals surface area contributed by atoms with Crippen molar-refractivity contribution in [2.24, 2.45) is 5.92 Å². The molecule has 0 aromatic heterocycles. The van der Waals surface area contributed by atoms with Crippen molar-refractivity contribution in [3.63, 3.8) is 0 Å². The van der Waals surface area contributed by atoms with Crippen LogP contribution in [0.4, 0.5) is 4.79 Å². The zero-order valence-electron chi connectivity index (χ0n) is 11.7. The van der Waals surface area contributed by atoms with E-state index < -0.39 is 0 Å². The third kappa shape index (κ3) is 3.51. The molecule has 1 aliphatic heterocycles. The topological polar surface area (TPSA) is 50.4 Å². The molecule has 2 aliphatic rings. The van der Waals surface area contributed by atoms with Crippen molar-refractivity contribution in [3.05, 3.63) is 35.9 Å². The van der Waals surface area contributed by atoms with E-state index in [1.54, 1.807) is 0 Å². The zero-order chi connectivity index (χ0) is 13.8. The molecule has 2 N–H and O–H groups in total. The number of carbonyl (C=O) groups excluding carboxylic acids is 1. The predicted octanol–water partition coefficient (Wildman–Crippen LogP) is 2.62. The average molecular weight is 274 g/mol. The Kier molecular flexibility index (Phi) is 4.21. The third-order valence-electron chi connectivity index (χ3n) is 4.05. The van der Waals surface area contributed by atoms with Gasteiger partial charge in [-0.1, -0.05) is 30.3 Å². The summed E-state index contributed by atoms with van der Waals surface area (Å²) in [7, 11) is 0. The molecule has 2 unspecified atom stereocenters. The Hall–Kier alpha value is -1.55. The summed E-state index contributed by atoms with van der Waals surface area (Å²) in [5, 5.41) is 6.05. The lowest BCUT2D eigenvalue weighted by Gasteiger charge is -2.20. The van der Waals surface area contributed by atoms with Crippen LogP contribution in [-0.4, -0.2) is 25.3 Å². The van der Waals surface area contributed by atoms with E-state index in [0.29, 0.717) is 12.5 Å². The Balaban J connectivity index is 1.52. The van der Waals surface area contributed by atoms with Gasteiger partial charge in [0, 0.05) is 13.2 Å². The van der Waals surface area contributed by atoms with Crippen molar-refractivity contribution in [1.29, 1.82) is 0 Å². The van der Waals surface area contributed by atoms with Crippen LogP contribution in [0, 0.1) is 5.92 Å². The lowest BCUT2D eigenvalue weighted by molar-refractivity contribution is 0.111. The molecule has 2 amide bonds. The van der Waals surface area contributed by atoms with Gasteiger partial charge >= 0.3 is 6.03 Å². The van der Waals surface area contributed by atoms with Gasteiger partial charge < -0.3 is 15.4 Å². The number of amides is 2. The molecule has 4 nitrogen and oxygen atoms in total. The molecule has 3 rings (SSSR count). The Labute approximate surface area is 119 Å². The van der Waals surface area contributed by atoms with Gasteiger partial charge in [-0.2, -0.15) is 0 Å². The van der Waals surface area contributed by atoms with Gasteiger partial charge in [-0.15, -0.1) is 0 Å². The van der Waals surface area contributed by atoms with Crippen LogP contribution < -0.4 is 10.6 Å². The maximum absolute atomic E-state index is 12.0. The van der Waals surface area contributed by atoms with Gasteiger partial charge in [-0.25, -0.2) is 4.79 Å². The van der Waals surface area contributed by atoms with Gasteiger partial charge in [0.2, 0.25) is 0 Å². The summed E-state index contributed by atoms with van der Waals surface area (Å²) < 4.78 is 5.51. The molecule has 1 aromatic rings. The molecule has 2 fully saturated rings. The number of ether oxygens (including phenoxy) is 1. The second-order valence-electron chi connectivity index (χ2n) is 5.72. The first-order valence-electron chi connectivity index (χ1n) is 7.54. The molecule has 2 atom stereocenters. The highest BCUT2D eigenvalue weighted by atomic mass is 16.5. The number of rotatable bonds is 5. The third-order valence-corrected chi connectivity index (χ3v) is 4.05. The summed E-state index contributed by atoms with van der Waals surface area (Å²) in [6.45, 7) is 1.43. The van der Waals surface area contributed by atoms with Crippen LogP contribution in [0.15, 0.2) is 30.3 Å². The summed E-state index contributed by atoms with van der Waals surface area (Å²) in [5.41, 5.74) is 1.20. The van der Waals surface area contributed by atoms with E-state index in [2.05, 4.69) is 22.8 Å². The monoisotopic (exact) mass is 274 g/mol. The summed E-state index contributed by atoms with van der Waals surface area (Å²) in [4.78, 5) is 12.0. The Morgan fingerprint density at radius 2 is 2.05 bits per heavy atom. The van der Waals surface area contributed by atoms with Crippen LogP contribution in [0.5, 0.6) is 0 Å². The van der Waals surface area contributed by atoms with Crippen LogP contribution in [0.3, 0.4) is 0 Å². The van der Waals surface area contributed by atoms with Crippen LogP contribution >= 0.6 is 0 Å². The molecule has 1 aliphatic carbocycles. The summed E-state index contributed by atoms with van der Waals surface area (Å²) in [5.74, 6) is 0.589. The second-order valence-corrected chi connectivity index (χ2v) is 5.72. The molecule has 1 aromatic carbocycles. The lowest BCUT2D eigenvalue weighted by Crippen LogP contribution is -2.41. The van der Waals surface area contributed by atoms with Gasteiger partial charge in [-0.3, -0.25) is 0 Å². The average Bonchev–Trinajstić information content (AvgIpc) is 3.19. The highest BCUT2D eigenvalue weighted by molar-refractivity contribution is 5.74. The minimum atomic E-state index is -0.0822. The first kappa shape index (κ1) is 13.4. The minimum absolute atomic E-state index is 0.0822. The van der Waals surface area contributed by atoms with E-state index in [1.807, 2.05) is 18.2 Å². The smallest absolute Gasteiger partial charge is 0.315 e. The fourth-order valence-electron chi connectivity index (χ4n) is 2.77. The molecule has 0 spiro atoms. The van der Waals surface area contributed by atoms with E-state index in [-0.39, 0.29) is 18.2 Å². The highest BCUT2D eigenvalue weighted by Crippen LogP contribution is 2.40. The van der Waals surface area contributed by atoms with Crippen molar-refractivity contribution in [3.8, 4) is 0 Å². The lowest BCUT2D eigenvalue weighted by atomic mass is 10.0. The molecule has 4 heteroatoms. The zero-order valence-corrected chi connectivity index (χ0v) is 11.7. The quantitative estimate of drug-likeness (QED) is 0.867. The van der Waals surface area contributed by atoms with Crippen molar-refractivity contribution >= 4 is 6.03 Å². The molecule has 1 heterocycles. The number of carbonyl (C=O) groups is 1. The van der Waals surface area contributed by atoms with Crippen LogP contribution in [-0.2, 0) is 4.74 Å². The second kappa shape index (κ2) is 6.27. The van der Waals surface area contributed by atoms with Crippen LogP contribution in [0.25, 0.3) is 0 Å².